The van der Waals surface area contributed by atoms with E-state index in [4.69, 9.17) is 4.74 Å². The summed E-state index contributed by atoms with van der Waals surface area (Å²) in [4.78, 5) is 30.5. The number of carbonyl (C=O) groups excluding carboxylic acids is 2. The number of hydrogen-bond donors (Lipinski definition) is 1. The number of thiazole rings is 1. The maximum absolute atomic E-state index is 12.2. The van der Waals surface area contributed by atoms with Crippen LogP contribution in [0.5, 0.6) is 5.75 Å². The van der Waals surface area contributed by atoms with Crippen molar-refractivity contribution in [3.05, 3.63) is 40.3 Å². The van der Waals surface area contributed by atoms with Crippen molar-refractivity contribution in [2.75, 3.05) is 18.1 Å². The van der Waals surface area contributed by atoms with E-state index in [1.54, 1.807) is 10.3 Å². The van der Waals surface area contributed by atoms with E-state index in [0.717, 1.165) is 23.5 Å². The molecule has 0 aliphatic carbocycles. The Hall–Kier alpha value is -2.41. The molecule has 2 aromatic rings. The number of carbonyl (C=O) groups is 2. The van der Waals surface area contributed by atoms with Crippen LogP contribution in [-0.4, -0.2) is 29.9 Å². The number of nitrogens with one attached hydrogen (secondary N) is 1. The van der Waals surface area contributed by atoms with Crippen molar-refractivity contribution < 1.29 is 14.3 Å². The SMILES string of the molecule is CCCCCCNC(=O)c1csc(CN2C(=O)COc3ccccc32)n1. The highest BCUT2D eigenvalue weighted by Gasteiger charge is 2.26. The first-order chi connectivity index (χ1) is 12.7. The molecule has 0 fully saturated rings. The number of fused-ring (bicyclic) bond motifs is 1. The molecule has 2 amide bonds. The second-order valence-electron chi connectivity index (χ2n) is 6.18. The van der Waals surface area contributed by atoms with Gasteiger partial charge >= 0.3 is 0 Å². The predicted molar refractivity (Wildman–Crippen MR) is 102 cm³/mol. The molecule has 3 rings (SSSR count). The van der Waals surface area contributed by atoms with Crippen molar-refractivity contribution in [2.24, 2.45) is 0 Å². The van der Waals surface area contributed by atoms with E-state index in [-0.39, 0.29) is 18.4 Å². The minimum absolute atomic E-state index is 0.0213. The molecule has 6 nitrogen and oxygen atoms in total. The average Bonchev–Trinajstić information content (AvgIpc) is 3.12. The fraction of sp³-hybridized carbons (Fsp3) is 0.421. The number of unbranched alkanes of at least 4 members (excludes halogenated alkanes) is 3. The van der Waals surface area contributed by atoms with Crippen LogP contribution in [-0.2, 0) is 11.3 Å². The van der Waals surface area contributed by atoms with E-state index in [9.17, 15) is 9.59 Å². The topological polar surface area (TPSA) is 71.5 Å². The molecule has 0 unspecified atom stereocenters. The van der Waals surface area contributed by atoms with Gasteiger partial charge in [0.2, 0.25) is 0 Å². The molecule has 0 atom stereocenters. The van der Waals surface area contributed by atoms with E-state index < -0.39 is 0 Å². The van der Waals surface area contributed by atoms with Crippen molar-refractivity contribution in [3.63, 3.8) is 0 Å². The Morgan fingerprint density at radius 3 is 3.00 bits per heavy atom. The number of para-hydroxylation sites is 2. The zero-order valence-corrected chi connectivity index (χ0v) is 15.7. The van der Waals surface area contributed by atoms with Gasteiger partial charge in [0.05, 0.1) is 12.2 Å². The second kappa shape index (κ2) is 8.80. The monoisotopic (exact) mass is 373 g/mol. The summed E-state index contributed by atoms with van der Waals surface area (Å²) in [6, 6.07) is 7.43. The Balaban J connectivity index is 1.60. The van der Waals surface area contributed by atoms with Gasteiger partial charge in [-0.05, 0) is 18.6 Å². The normalized spacial score (nSPS) is 13.3. The van der Waals surface area contributed by atoms with Gasteiger partial charge in [-0.2, -0.15) is 0 Å². The molecule has 1 N–H and O–H groups in total. The molecule has 0 spiro atoms. The summed E-state index contributed by atoms with van der Waals surface area (Å²) >= 11 is 1.39. The van der Waals surface area contributed by atoms with Crippen LogP contribution in [0.1, 0.15) is 48.1 Å². The third-order valence-corrected chi connectivity index (χ3v) is 5.04. The summed E-state index contributed by atoms with van der Waals surface area (Å²) in [5.74, 6) is 0.423. The zero-order valence-electron chi connectivity index (χ0n) is 14.9. The van der Waals surface area contributed by atoms with Crippen molar-refractivity contribution in [3.8, 4) is 5.75 Å². The van der Waals surface area contributed by atoms with Crippen LogP contribution in [0, 0.1) is 0 Å². The number of aromatic nitrogens is 1. The fourth-order valence-corrected chi connectivity index (χ4v) is 3.56. The van der Waals surface area contributed by atoms with Gasteiger partial charge in [0.1, 0.15) is 16.5 Å². The van der Waals surface area contributed by atoms with Crippen LogP contribution in [0.15, 0.2) is 29.6 Å². The van der Waals surface area contributed by atoms with Gasteiger partial charge in [0.15, 0.2) is 6.61 Å². The standard InChI is InChI=1S/C19H23N3O3S/c1-2-3-4-7-10-20-19(24)14-13-26-17(21-14)11-22-15-8-5-6-9-16(15)25-12-18(22)23/h5-6,8-9,13H,2-4,7,10-12H2,1H3,(H,20,24). The Bertz CT molecular complexity index is 775. The van der Waals surface area contributed by atoms with Gasteiger partial charge in [-0.3, -0.25) is 14.5 Å². The predicted octanol–water partition coefficient (Wildman–Crippen LogP) is 3.38. The minimum atomic E-state index is -0.155. The van der Waals surface area contributed by atoms with Crippen molar-refractivity contribution in [2.45, 2.75) is 39.2 Å². The summed E-state index contributed by atoms with van der Waals surface area (Å²) in [5.41, 5.74) is 1.15. The molecule has 1 aliphatic heterocycles. The van der Waals surface area contributed by atoms with Crippen LogP contribution < -0.4 is 15.0 Å². The molecular formula is C19H23N3O3S. The van der Waals surface area contributed by atoms with Gasteiger partial charge in [0.25, 0.3) is 11.8 Å². The first kappa shape index (κ1) is 18.4. The molecule has 7 heteroatoms. The number of rotatable bonds is 8. The summed E-state index contributed by atoms with van der Waals surface area (Å²) in [7, 11) is 0. The van der Waals surface area contributed by atoms with Crippen molar-refractivity contribution in [1.29, 1.82) is 0 Å². The van der Waals surface area contributed by atoms with Gasteiger partial charge in [-0.15, -0.1) is 11.3 Å². The number of nitrogens with zero attached hydrogens (tertiary/aromatic N) is 2. The van der Waals surface area contributed by atoms with E-state index in [2.05, 4.69) is 17.2 Å². The largest absolute Gasteiger partial charge is 0.482 e. The highest BCUT2D eigenvalue weighted by atomic mass is 32.1. The maximum Gasteiger partial charge on any atom is 0.270 e. The summed E-state index contributed by atoms with van der Waals surface area (Å²) < 4.78 is 5.45. The van der Waals surface area contributed by atoms with Gasteiger partial charge in [0, 0.05) is 11.9 Å². The maximum atomic E-state index is 12.2. The third kappa shape index (κ3) is 4.40. The number of anilines is 1. The van der Waals surface area contributed by atoms with E-state index >= 15 is 0 Å². The smallest absolute Gasteiger partial charge is 0.270 e. The number of hydrogen-bond acceptors (Lipinski definition) is 5. The quantitative estimate of drug-likeness (QED) is 0.720. The van der Waals surface area contributed by atoms with Gasteiger partial charge < -0.3 is 10.1 Å². The first-order valence-electron chi connectivity index (χ1n) is 8.94. The lowest BCUT2D eigenvalue weighted by Crippen LogP contribution is -2.38. The molecule has 1 aromatic heterocycles. The van der Waals surface area contributed by atoms with Crippen LogP contribution >= 0.6 is 11.3 Å². The van der Waals surface area contributed by atoms with Crippen LogP contribution in [0.3, 0.4) is 0 Å². The fourth-order valence-electron chi connectivity index (χ4n) is 2.79. The number of amides is 2. The average molecular weight is 373 g/mol. The van der Waals surface area contributed by atoms with Crippen LogP contribution in [0.25, 0.3) is 0 Å². The molecule has 2 heterocycles. The highest BCUT2D eigenvalue weighted by molar-refractivity contribution is 7.09. The van der Waals surface area contributed by atoms with E-state index in [0.29, 0.717) is 24.5 Å². The van der Waals surface area contributed by atoms with Crippen molar-refractivity contribution in [1.82, 2.24) is 10.3 Å². The molecular weight excluding hydrogens is 350 g/mol. The third-order valence-electron chi connectivity index (χ3n) is 4.20. The lowest BCUT2D eigenvalue weighted by molar-refractivity contribution is -0.121. The highest BCUT2D eigenvalue weighted by Crippen LogP contribution is 2.32. The summed E-state index contributed by atoms with van der Waals surface area (Å²) in [5, 5.41) is 5.38. The Morgan fingerprint density at radius 2 is 2.15 bits per heavy atom. The van der Waals surface area contributed by atoms with E-state index in [1.807, 2.05) is 24.3 Å². The van der Waals surface area contributed by atoms with Crippen LogP contribution in [0.4, 0.5) is 5.69 Å². The molecule has 26 heavy (non-hydrogen) atoms. The molecule has 138 valence electrons. The molecule has 0 saturated heterocycles. The van der Waals surface area contributed by atoms with E-state index in [1.165, 1.54) is 24.2 Å². The summed E-state index contributed by atoms with van der Waals surface area (Å²) in [6.07, 6.45) is 4.46. The second-order valence-corrected chi connectivity index (χ2v) is 7.12. The van der Waals surface area contributed by atoms with Gasteiger partial charge in [-0.25, -0.2) is 4.98 Å². The summed E-state index contributed by atoms with van der Waals surface area (Å²) in [6.45, 7) is 3.19. The Morgan fingerprint density at radius 1 is 1.31 bits per heavy atom. The molecule has 0 radical (unpaired) electrons. The number of ether oxygens (including phenoxy) is 1. The molecule has 1 aliphatic rings. The molecule has 0 saturated carbocycles. The Kier molecular flexibility index (Phi) is 6.22. The van der Waals surface area contributed by atoms with Gasteiger partial charge in [-0.1, -0.05) is 38.3 Å². The van der Waals surface area contributed by atoms with Crippen molar-refractivity contribution >= 4 is 28.8 Å². The molecule has 0 bridgehead atoms. The van der Waals surface area contributed by atoms with Crippen LogP contribution in [0.2, 0.25) is 0 Å². The zero-order chi connectivity index (χ0) is 18.4. The number of benzene rings is 1. The first-order valence-corrected chi connectivity index (χ1v) is 9.81. The minimum Gasteiger partial charge on any atom is -0.482 e. The molecule has 1 aromatic carbocycles. The Labute approximate surface area is 157 Å². The lowest BCUT2D eigenvalue weighted by atomic mass is 10.2. The lowest BCUT2D eigenvalue weighted by Gasteiger charge is -2.28.